The van der Waals surface area contributed by atoms with E-state index < -0.39 is 10.0 Å². The number of carbonyl (C=O) groups excluding carboxylic acids is 1. The SMILES string of the molecule is CCNC(=O)C1CCN(S(=O)(=O)Cc2cccc(Cl)c2)C1. The summed E-state index contributed by atoms with van der Waals surface area (Å²) >= 11 is 5.87. The molecule has 0 radical (unpaired) electrons. The van der Waals surface area contributed by atoms with E-state index in [1.165, 1.54) is 4.31 Å². The number of halogens is 1. The zero-order valence-corrected chi connectivity index (χ0v) is 13.5. The number of hydrogen-bond acceptors (Lipinski definition) is 3. The Hall–Kier alpha value is -1.11. The predicted molar refractivity (Wildman–Crippen MR) is 82.4 cm³/mol. The van der Waals surface area contributed by atoms with Crippen molar-refractivity contribution >= 4 is 27.5 Å². The number of benzene rings is 1. The lowest BCUT2D eigenvalue weighted by atomic mass is 10.1. The number of nitrogens with one attached hydrogen (secondary N) is 1. The van der Waals surface area contributed by atoms with E-state index in [-0.39, 0.29) is 24.1 Å². The Labute approximate surface area is 130 Å². The molecule has 116 valence electrons. The van der Waals surface area contributed by atoms with Gasteiger partial charge in [-0.05, 0) is 31.0 Å². The minimum atomic E-state index is -3.42. The van der Waals surface area contributed by atoms with Crippen LogP contribution in [0.4, 0.5) is 0 Å². The van der Waals surface area contributed by atoms with E-state index in [4.69, 9.17) is 11.6 Å². The maximum Gasteiger partial charge on any atom is 0.224 e. The van der Waals surface area contributed by atoms with Gasteiger partial charge < -0.3 is 5.32 Å². The topological polar surface area (TPSA) is 66.5 Å². The second-order valence-electron chi connectivity index (χ2n) is 5.12. The number of rotatable bonds is 5. The lowest BCUT2D eigenvalue weighted by molar-refractivity contribution is -0.124. The van der Waals surface area contributed by atoms with Gasteiger partial charge in [0.25, 0.3) is 0 Å². The van der Waals surface area contributed by atoms with Crippen molar-refractivity contribution < 1.29 is 13.2 Å². The maximum absolute atomic E-state index is 12.4. The maximum atomic E-state index is 12.4. The second kappa shape index (κ2) is 6.77. The quantitative estimate of drug-likeness (QED) is 0.892. The molecule has 1 heterocycles. The summed E-state index contributed by atoms with van der Waals surface area (Å²) in [6.45, 7) is 3.06. The molecule has 1 aliphatic rings. The minimum Gasteiger partial charge on any atom is -0.356 e. The molecule has 0 spiro atoms. The van der Waals surface area contributed by atoms with Crippen molar-refractivity contribution in [2.75, 3.05) is 19.6 Å². The molecule has 1 aromatic rings. The van der Waals surface area contributed by atoms with Gasteiger partial charge in [-0.3, -0.25) is 4.79 Å². The van der Waals surface area contributed by atoms with Gasteiger partial charge in [0.2, 0.25) is 15.9 Å². The highest BCUT2D eigenvalue weighted by Crippen LogP contribution is 2.22. The van der Waals surface area contributed by atoms with E-state index in [0.29, 0.717) is 30.1 Å². The number of carbonyl (C=O) groups is 1. The van der Waals surface area contributed by atoms with Gasteiger partial charge in [-0.1, -0.05) is 23.7 Å². The van der Waals surface area contributed by atoms with Crippen LogP contribution in [0.5, 0.6) is 0 Å². The van der Waals surface area contributed by atoms with Gasteiger partial charge in [-0.2, -0.15) is 0 Å². The largest absolute Gasteiger partial charge is 0.356 e. The molecule has 5 nitrogen and oxygen atoms in total. The fourth-order valence-corrected chi connectivity index (χ4v) is 4.23. The first kappa shape index (κ1) is 16.3. The monoisotopic (exact) mass is 330 g/mol. The van der Waals surface area contributed by atoms with Crippen molar-refractivity contribution in [3.63, 3.8) is 0 Å². The molecular weight excluding hydrogens is 312 g/mol. The fraction of sp³-hybridized carbons (Fsp3) is 0.500. The molecule has 21 heavy (non-hydrogen) atoms. The molecule has 2 rings (SSSR count). The highest BCUT2D eigenvalue weighted by molar-refractivity contribution is 7.88. The van der Waals surface area contributed by atoms with Gasteiger partial charge in [-0.25, -0.2) is 12.7 Å². The van der Waals surface area contributed by atoms with Crippen LogP contribution in [0.3, 0.4) is 0 Å². The molecule has 1 N–H and O–H groups in total. The predicted octanol–water partition coefficient (Wildman–Crippen LogP) is 1.63. The van der Waals surface area contributed by atoms with Crippen LogP contribution in [0.15, 0.2) is 24.3 Å². The molecule has 1 saturated heterocycles. The minimum absolute atomic E-state index is 0.0713. The highest BCUT2D eigenvalue weighted by atomic mass is 35.5. The third-order valence-electron chi connectivity index (χ3n) is 3.50. The van der Waals surface area contributed by atoms with Gasteiger partial charge in [-0.15, -0.1) is 0 Å². The van der Waals surface area contributed by atoms with E-state index in [0.717, 1.165) is 0 Å². The Morgan fingerprint density at radius 2 is 2.24 bits per heavy atom. The first-order valence-electron chi connectivity index (χ1n) is 6.92. The number of sulfonamides is 1. The third-order valence-corrected chi connectivity index (χ3v) is 5.56. The second-order valence-corrected chi connectivity index (χ2v) is 7.53. The third kappa shape index (κ3) is 4.18. The Bertz CT molecular complexity index is 618. The summed E-state index contributed by atoms with van der Waals surface area (Å²) in [5.74, 6) is -0.410. The molecule has 0 aromatic heterocycles. The number of nitrogens with zero attached hydrogens (tertiary/aromatic N) is 1. The highest BCUT2D eigenvalue weighted by Gasteiger charge is 2.34. The Morgan fingerprint density at radius 3 is 2.90 bits per heavy atom. The standard InChI is InChI=1S/C14H19ClN2O3S/c1-2-16-14(18)12-6-7-17(9-12)21(19,20)10-11-4-3-5-13(15)8-11/h3-5,8,12H,2,6-7,9-10H2,1H3,(H,16,18). The van der Waals surface area contributed by atoms with Crippen molar-refractivity contribution in [1.29, 1.82) is 0 Å². The van der Waals surface area contributed by atoms with Crippen molar-refractivity contribution in [3.05, 3.63) is 34.9 Å². The van der Waals surface area contributed by atoms with Crippen molar-refractivity contribution in [3.8, 4) is 0 Å². The fourth-order valence-electron chi connectivity index (χ4n) is 2.44. The van der Waals surface area contributed by atoms with Crippen molar-refractivity contribution in [2.45, 2.75) is 19.1 Å². The molecule has 1 atom stereocenters. The van der Waals surface area contributed by atoms with E-state index in [1.54, 1.807) is 24.3 Å². The molecule has 0 saturated carbocycles. The van der Waals surface area contributed by atoms with E-state index in [2.05, 4.69) is 5.32 Å². The van der Waals surface area contributed by atoms with E-state index in [9.17, 15) is 13.2 Å². The zero-order valence-electron chi connectivity index (χ0n) is 11.9. The van der Waals surface area contributed by atoms with Gasteiger partial charge >= 0.3 is 0 Å². The molecule has 7 heteroatoms. The number of amides is 1. The van der Waals surface area contributed by atoms with Crippen molar-refractivity contribution in [2.24, 2.45) is 5.92 Å². The molecule has 1 fully saturated rings. The first-order valence-corrected chi connectivity index (χ1v) is 8.91. The normalized spacial score (nSPS) is 19.6. The van der Waals surface area contributed by atoms with Crippen molar-refractivity contribution in [1.82, 2.24) is 9.62 Å². The molecule has 0 aliphatic carbocycles. The van der Waals surface area contributed by atoms with Crippen LogP contribution in [0.1, 0.15) is 18.9 Å². The van der Waals surface area contributed by atoms with Crippen LogP contribution < -0.4 is 5.32 Å². The van der Waals surface area contributed by atoms with E-state index in [1.807, 2.05) is 6.92 Å². The summed E-state index contributed by atoms with van der Waals surface area (Å²) in [6, 6.07) is 6.82. The van der Waals surface area contributed by atoms with E-state index >= 15 is 0 Å². The van der Waals surface area contributed by atoms with Gasteiger partial charge in [0.15, 0.2) is 0 Å². The summed E-state index contributed by atoms with van der Waals surface area (Å²) < 4.78 is 26.2. The summed E-state index contributed by atoms with van der Waals surface area (Å²) in [7, 11) is -3.42. The molecular formula is C14H19ClN2O3S. The average Bonchev–Trinajstić information content (AvgIpc) is 2.89. The first-order chi connectivity index (χ1) is 9.92. The van der Waals surface area contributed by atoms with Gasteiger partial charge in [0.1, 0.15) is 0 Å². The van der Waals surface area contributed by atoms with Crippen LogP contribution in [0.25, 0.3) is 0 Å². The lowest BCUT2D eigenvalue weighted by Crippen LogP contribution is -2.35. The summed E-state index contributed by atoms with van der Waals surface area (Å²) in [6.07, 6.45) is 0.570. The van der Waals surface area contributed by atoms with Crippen LogP contribution in [-0.2, 0) is 20.6 Å². The molecule has 0 bridgehead atoms. The Kier molecular flexibility index (Phi) is 5.24. The van der Waals surface area contributed by atoms with Gasteiger partial charge in [0.05, 0.1) is 11.7 Å². The smallest absolute Gasteiger partial charge is 0.224 e. The number of hydrogen-bond donors (Lipinski definition) is 1. The van der Waals surface area contributed by atoms with Gasteiger partial charge in [0, 0.05) is 24.7 Å². The molecule has 1 aliphatic heterocycles. The van der Waals surface area contributed by atoms with Crippen LogP contribution in [0, 0.1) is 5.92 Å². The average molecular weight is 331 g/mol. The summed E-state index contributed by atoms with van der Waals surface area (Å²) in [5.41, 5.74) is 0.656. The zero-order chi connectivity index (χ0) is 15.5. The Morgan fingerprint density at radius 1 is 1.48 bits per heavy atom. The molecule has 1 unspecified atom stereocenters. The Balaban J connectivity index is 2.03. The molecule has 1 amide bonds. The summed E-state index contributed by atoms with van der Waals surface area (Å²) in [5, 5.41) is 3.26. The van der Waals surface area contributed by atoms with Crippen LogP contribution in [0.2, 0.25) is 5.02 Å². The molecule has 1 aromatic carbocycles. The van der Waals surface area contributed by atoms with Crippen LogP contribution >= 0.6 is 11.6 Å². The lowest BCUT2D eigenvalue weighted by Gasteiger charge is -2.16. The summed E-state index contributed by atoms with van der Waals surface area (Å²) in [4.78, 5) is 11.8. The van der Waals surface area contributed by atoms with Crippen LogP contribution in [-0.4, -0.2) is 38.3 Å².